The summed E-state index contributed by atoms with van der Waals surface area (Å²) in [5.74, 6) is 1.54. The third-order valence-electron chi connectivity index (χ3n) is 3.71. The molecule has 2 heterocycles. The Morgan fingerprint density at radius 3 is 3.24 bits per heavy atom. The van der Waals surface area contributed by atoms with Crippen molar-refractivity contribution in [2.75, 3.05) is 18.1 Å². The first-order valence-electron chi connectivity index (χ1n) is 6.28. The van der Waals surface area contributed by atoms with Crippen LogP contribution in [0.5, 0.6) is 0 Å². The maximum Gasteiger partial charge on any atom is 0.129 e. The number of nitrogens with zero attached hydrogens (tertiary/aromatic N) is 2. The van der Waals surface area contributed by atoms with Crippen molar-refractivity contribution in [2.45, 2.75) is 37.3 Å². The molecule has 3 rings (SSSR count). The zero-order valence-corrected chi connectivity index (χ0v) is 10.6. The minimum Gasteiger partial charge on any atom is -0.374 e. The van der Waals surface area contributed by atoms with Crippen molar-refractivity contribution < 1.29 is 4.74 Å². The summed E-state index contributed by atoms with van der Waals surface area (Å²) in [5.41, 5.74) is 0.949. The Morgan fingerprint density at radius 1 is 1.41 bits per heavy atom. The van der Waals surface area contributed by atoms with Crippen molar-refractivity contribution in [3.05, 3.63) is 23.9 Å². The van der Waals surface area contributed by atoms with Gasteiger partial charge in [0.2, 0.25) is 0 Å². The van der Waals surface area contributed by atoms with E-state index in [2.05, 4.69) is 16.0 Å². The van der Waals surface area contributed by atoms with Gasteiger partial charge in [0.1, 0.15) is 5.82 Å². The van der Waals surface area contributed by atoms with E-state index in [1.165, 1.54) is 19.3 Å². The number of alkyl halides is 1. The number of hydrogen-bond donors (Lipinski definition) is 0. The molecular formula is C13H17ClN2O. The minimum atomic E-state index is 0.408. The van der Waals surface area contributed by atoms with Gasteiger partial charge in [-0.25, -0.2) is 4.98 Å². The lowest BCUT2D eigenvalue weighted by molar-refractivity contribution is 0.0253. The number of rotatable bonds is 2. The smallest absolute Gasteiger partial charge is 0.129 e. The summed E-state index contributed by atoms with van der Waals surface area (Å²) < 4.78 is 5.81. The van der Waals surface area contributed by atoms with Crippen LogP contribution in [0.3, 0.4) is 0 Å². The second-order valence-corrected chi connectivity index (χ2v) is 4.99. The van der Waals surface area contributed by atoms with Crippen molar-refractivity contribution in [3.8, 4) is 0 Å². The summed E-state index contributed by atoms with van der Waals surface area (Å²) in [6.45, 7) is 1.76. The maximum atomic E-state index is 5.84. The Balaban J connectivity index is 1.86. The Hall–Kier alpha value is -0.800. The molecule has 0 amide bonds. The van der Waals surface area contributed by atoms with Gasteiger partial charge in [-0.15, -0.1) is 11.6 Å². The normalized spacial score (nSPS) is 28.2. The molecule has 92 valence electrons. The number of hydrogen-bond acceptors (Lipinski definition) is 3. The molecule has 4 heteroatoms. The third kappa shape index (κ3) is 2.14. The van der Waals surface area contributed by atoms with E-state index < -0.39 is 0 Å². The summed E-state index contributed by atoms with van der Waals surface area (Å²) in [5, 5.41) is 0. The fourth-order valence-corrected chi connectivity index (χ4v) is 3.06. The van der Waals surface area contributed by atoms with Crippen LogP contribution in [0.15, 0.2) is 18.2 Å². The van der Waals surface area contributed by atoms with E-state index in [-0.39, 0.29) is 0 Å². The second kappa shape index (κ2) is 4.83. The van der Waals surface area contributed by atoms with Crippen LogP contribution in [0.25, 0.3) is 0 Å². The van der Waals surface area contributed by atoms with Gasteiger partial charge in [0.25, 0.3) is 0 Å². The lowest BCUT2D eigenvalue weighted by Gasteiger charge is -2.38. The maximum absolute atomic E-state index is 5.84. The van der Waals surface area contributed by atoms with Crippen LogP contribution in [-0.2, 0) is 10.6 Å². The molecule has 17 heavy (non-hydrogen) atoms. The SMILES string of the molecule is ClCc1cccc(N2CCOC3CCCC32)n1. The number of ether oxygens (including phenoxy) is 1. The highest BCUT2D eigenvalue weighted by Crippen LogP contribution is 2.32. The molecule has 0 radical (unpaired) electrons. The molecule has 2 atom stereocenters. The van der Waals surface area contributed by atoms with Gasteiger partial charge in [-0.05, 0) is 31.4 Å². The number of halogens is 1. The largest absolute Gasteiger partial charge is 0.374 e. The molecule has 1 aliphatic carbocycles. The molecule has 0 spiro atoms. The molecule has 0 N–H and O–H groups in total. The highest BCUT2D eigenvalue weighted by molar-refractivity contribution is 6.16. The number of fused-ring (bicyclic) bond motifs is 1. The van der Waals surface area contributed by atoms with E-state index in [0.29, 0.717) is 18.0 Å². The standard InChI is InChI=1S/C13H17ClN2O/c14-9-10-3-1-6-13(15-10)16-7-8-17-12-5-2-4-11(12)16/h1,3,6,11-12H,2,4-5,7-9H2. The molecular weight excluding hydrogens is 236 g/mol. The van der Waals surface area contributed by atoms with E-state index in [0.717, 1.165) is 24.7 Å². The zero-order valence-electron chi connectivity index (χ0n) is 9.81. The first-order valence-corrected chi connectivity index (χ1v) is 6.82. The molecule has 0 aromatic carbocycles. The summed E-state index contributed by atoms with van der Waals surface area (Å²) in [6, 6.07) is 6.61. The minimum absolute atomic E-state index is 0.408. The van der Waals surface area contributed by atoms with Gasteiger partial charge < -0.3 is 9.64 Å². The summed E-state index contributed by atoms with van der Waals surface area (Å²) in [7, 11) is 0. The highest BCUT2D eigenvalue weighted by atomic mass is 35.5. The predicted molar refractivity (Wildman–Crippen MR) is 68.5 cm³/mol. The Morgan fingerprint density at radius 2 is 2.35 bits per heavy atom. The van der Waals surface area contributed by atoms with Gasteiger partial charge in [-0.2, -0.15) is 0 Å². The quantitative estimate of drug-likeness (QED) is 0.757. The fourth-order valence-electron chi connectivity index (χ4n) is 2.91. The van der Waals surface area contributed by atoms with Crippen molar-refractivity contribution in [1.29, 1.82) is 0 Å². The molecule has 2 aliphatic rings. The predicted octanol–water partition coefficient (Wildman–Crippen LogP) is 2.58. The van der Waals surface area contributed by atoms with Crippen LogP contribution in [0.1, 0.15) is 25.0 Å². The molecule has 0 bridgehead atoms. The summed E-state index contributed by atoms with van der Waals surface area (Å²) in [4.78, 5) is 7.01. The van der Waals surface area contributed by atoms with Gasteiger partial charge >= 0.3 is 0 Å². The fraction of sp³-hybridized carbons (Fsp3) is 0.615. The molecule has 2 fully saturated rings. The lowest BCUT2D eigenvalue weighted by atomic mass is 10.1. The number of morpholine rings is 1. The number of aromatic nitrogens is 1. The van der Waals surface area contributed by atoms with E-state index in [1.54, 1.807) is 0 Å². The van der Waals surface area contributed by atoms with E-state index in [9.17, 15) is 0 Å². The first kappa shape index (κ1) is 11.3. The molecule has 1 aliphatic heterocycles. The molecule has 2 unspecified atom stereocenters. The topological polar surface area (TPSA) is 25.4 Å². The highest BCUT2D eigenvalue weighted by Gasteiger charge is 2.36. The zero-order chi connectivity index (χ0) is 11.7. The monoisotopic (exact) mass is 252 g/mol. The third-order valence-corrected chi connectivity index (χ3v) is 3.98. The van der Waals surface area contributed by atoms with Gasteiger partial charge in [0, 0.05) is 6.54 Å². The molecule has 1 aromatic rings. The average molecular weight is 253 g/mol. The van der Waals surface area contributed by atoms with E-state index >= 15 is 0 Å². The average Bonchev–Trinajstić information content (AvgIpc) is 2.87. The van der Waals surface area contributed by atoms with Crippen LogP contribution in [0.4, 0.5) is 5.82 Å². The van der Waals surface area contributed by atoms with Crippen LogP contribution in [-0.4, -0.2) is 30.3 Å². The van der Waals surface area contributed by atoms with E-state index in [4.69, 9.17) is 16.3 Å². The van der Waals surface area contributed by atoms with Crippen molar-refractivity contribution in [1.82, 2.24) is 4.98 Å². The van der Waals surface area contributed by atoms with Crippen LogP contribution in [0, 0.1) is 0 Å². The molecule has 1 aromatic heterocycles. The van der Waals surface area contributed by atoms with Gasteiger partial charge in [-0.1, -0.05) is 6.07 Å². The van der Waals surface area contributed by atoms with Crippen molar-refractivity contribution in [3.63, 3.8) is 0 Å². The first-order chi connectivity index (χ1) is 8.38. The van der Waals surface area contributed by atoms with Crippen LogP contribution < -0.4 is 4.90 Å². The summed E-state index contributed by atoms with van der Waals surface area (Å²) in [6.07, 6.45) is 4.08. The molecule has 1 saturated heterocycles. The Bertz CT molecular complexity index is 399. The van der Waals surface area contributed by atoms with Crippen LogP contribution in [0.2, 0.25) is 0 Å². The number of pyridine rings is 1. The van der Waals surface area contributed by atoms with Crippen molar-refractivity contribution in [2.24, 2.45) is 0 Å². The number of anilines is 1. The lowest BCUT2D eigenvalue weighted by Crippen LogP contribution is -2.49. The molecule has 1 saturated carbocycles. The summed E-state index contributed by atoms with van der Waals surface area (Å²) >= 11 is 5.84. The van der Waals surface area contributed by atoms with Gasteiger partial charge in [0.05, 0.1) is 30.3 Å². The molecule has 3 nitrogen and oxygen atoms in total. The van der Waals surface area contributed by atoms with Gasteiger partial charge in [0.15, 0.2) is 0 Å². The Labute approximate surface area is 107 Å². The van der Waals surface area contributed by atoms with Crippen LogP contribution >= 0.6 is 11.6 Å². The second-order valence-electron chi connectivity index (χ2n) is 4.72. The Kier molecular flexibility index (Phi) is 3.21. The van der Waals surface area contributed by atoms with E-state index in [1.807, 2.05) is 12.1 Å². The van der Waals surface area contributed by atoms with Crippen molar-refractivity contribution >= 4 is 17.4 Å². The van der Waals surface area contributed by atoms with Gasteiger partial charge in [-0.3, -0.25) is 0 Å².